The van der Waals surface area contributed by atoms with Crippen LogP contribution in [-0.4, -0.2) is 24.4 Å². The van der Waals surface area contributed by atoms with Gasteiger partial charge in [0.15, 0.2) is 0 Å². The summed E-state index contributed by atoms with van der Waals surface area (Å²) in [7, 11) is 0. The molecule has 7 heteroatoms. The number of fused-ring (bicyclic) bond motifs is 1. The third kappa shape index (κ3) is 4.53. The fraction of sp³-hybridized carbons (Fsp3) is 0.350. The highest BCUT2D eigenvalue weighted by Gasteiger charge is 2.31. The van der Waals surface area contributed by atoms with E-state index >= 15 is 0 Å². The molecule has 3 nitrogen and oxygen atoms in total. The van der Waals surface area contributed by atoms with Crippen LogP contribution >= 0.6 is 11.3 Å². The number of ether oxygens (including phenoxy) is 1. The first-order chi connectivity index (χ1) is 13.0. The van der Waals surface area contributed by atoms with Crippen LogP contribution in [0, 0.1) is 5.92 Å². The molecule has 0 atom stereocenters. The number of rotatable bonds is 4. The van der Waals surface area contributed by atoms with Gasteiger partial charge in [-0.3, -0.25) is 0 Å². The zero-order valence-corrected chi connectivity index (χ0v) is 15.4. The van der Waals surface area contributed by atoms with Gasteiger partial charge >= 0.3 is 6.36 Å². The summed E-state index contributed by atoms with van der Waals surface area (Å²) in [5.74, 6) is 0.377. The van der Waals surface area contributed by atoms with Crippen LogP contribution < -0.4 is 9.64 Å². The molecule has 142 valence electrons. The predicted molar refractivity (Wildman–Crippen MR) is 101 cm³/mol. The molecule has 27 heavy (non-hydrogen) atoms. The van der Waals surface area contributed by atoms with Crippen LogP contribution in [0.25, 0.3) is 10.2 Å². The lowest BCUT2D eigenvalue weighted by molar-refractivity contribution is -0.274. The molecule has 2 aromatic carbocycles. The minimum absolute atomic E-state index is 0.167. The van der Waals surface area contributed by atoms with E-state index in [-0.39, 0.29) is 5.75 Å². The van der Waals surface area contributed by atoms with E-state index in [1.807, 2.05) is 5.51 Å². The van der Waals surface area contributed by atoms with E-state index in [0.717, 1.165) is 43.4 Å². The Morgan fingerprint density at radius 1 is 1.07 bits per heavy atom. The highest BCUT2D eigenvalue weighted by Crippen LogP contribution is 2.30. The summed E-state index contributed by atoms with van der Waals surface area (Å²) in [6.07, 6.45) is -1.62. The number of alkyl halides is 3. The Kier molecular flexibility index (Phi) is 4.95. The molecule has 0 radical (unpaired) electrons. The fourth-order valence-electron chi connectivity index (χ4n) is 3.60. The maximum absolute atomic E-state index is 12.2. The Bertz CT molecular complexity index is 899. The van der Waals surface area contributed by atoms with Crippen LogP contribution in [0.1, 0.15) is 18.4 Å². The minimum Gasteiger partial charge on any atom is -0.406 e. The van der Waals surface area contributed by atoms with Crippen molar-refractivity contribution < 1.29 is 17.9 Å². The fourth-order valence-corrected chi connectivity index (χ4v) is 4.31. The second-order valence-corrected chi connectivity index (χ2v) is 7.72. The zero-order chi connectivity index (χ0) is 18.9. The molecule has 1 aliphatic rings. The Balaban J connectivity index is 1.32. The largest absolute Gasteiger partial charge is 0.573 e. The van der Waals surface area contributed by atoms with Crippen LogP contribution in [0.15, 0.2) is 48.0 Å². The SMILES string of the molecule is FC(F)(F)Oc1ccc(CC2CCN(c3ccc4ncsc4c3)CC2)cc1. The lowest BCUT2D eigenvalue weighted by atomic mass is 9.90. The van der Waals surface area contributed by atoms with Gasteiger partial charge in [-0.15, -0.1) is 24.5 Å². The summed E-state index contributed by atoms with van der Waals surface area (Å²) in [4.78, 5) is 6.72. The molecule has 0 unspecified atom stereocenters. The smallest absolute Gasteiger partial charge is 0.406 e. The number of anilines is 1. The Morgan fingerprint density at radius 3 is 2.52 bits per heavy atom. The topological polar surface area (TPSA) is 25.4 Å². The minimum atomic E-state index is -4.64. The van der Waals surface area contributed by atoms with Crippen LogP contribution in [0.3, 0.4) is 0 Å². The van der Waals surface area contributed by atoms with E-state index in [1.54, 1.807) is 23.5 Å². The van der Waals surface area contributed by atoms with Gasteiger partial charge in [0.05, 0.1) is 15.7 Å². The molecule has 0 spiro atoms. The van der Waals surface area contributed by atoms with E-state index in [0.29, 0.717) is 5.92 Å². The summed E-state index contributed by atoms with van der Waals surface area (Å²) in [5.41, 5.74) is 5.19. The molecule has 0 saturated carbocycles. The van der Waals surface area contributed by atoms with Crippen molar-refractivity contribution in [2.45, 2.75) is 25.6 Å². The van der Waals surface area contributed by atoms with Crippen molar-refractivity contribution in [1.82, 2.24) is 4.98 Å². The van der Waals surface area contributed by atoms with Gasteiger partial charge in [0.2, 0.25) is 0 Å². The van der Waals surface area contributed by atoms with Crippen LogP contribution in [-0.2, 0) is 6.42 Å². The van der Waals surface area contributed by atoms with Gasteiger partial charge in [-0.2, -0.15) is 0 Å². The lowest BCUT2D eigenvalue weighted by Crippen LogP contribution is -2.34. The molecule has 1 fully saturated rings. The summed E-state index contributed by atoms with van der Waals surface area (Å²) in [6.45, 7) is 1.98. The maximum Gasteiger partial charge on any atom is 0.573 e. The van der Waals surface area contributed by atoms with Gasteiger partial charge in [-0.1, -0.05) is 12.1 Å². The van der Waals surface area contributed by atoms with E-state index in [9.17, 15) is 13.2 Å². The molecule has 0 amide bonds. The van der Waals surface area contributed by atoms with E-state index in [2.05, 4.69) is 32.8 Å². The monoisotopic (exact) mass is 392 g/mol. The number of nitrogens with zero attached hydrogens (tertiary/aromatic N) is 2. The first-order valence-electron chi connectivity index (χ1n) is 8.89. The first-order valence-corrected chi connectivity index (χ1v) is 9.77. The average Bonchev–Trinajstić information content (AvgIpc) is 3.10. The third-order valence-corrected chi connectivity index (χ3v) is 5.77. The summed E-state index contributed by atoms with van der Waals surface area (Å²) < 4.78 is 41.8. The van der Waals surface area contributed by atoms with Crippen molar-refractivity contribution in [3.05, 3.63) is 53.5 Å². The van der Waals surface area contributed by atoms with Gasteiger partial charge in [0, 0.05) is 18.8 Å². The Hall–Kier alpha value is -2.28. The number of halogens is 3. The van der Waals surface area contributed by atoms with Gasteiger partial charge < -0.3 is 9.64 Å². The van der Waals surface area contributed by atoms with Crippen molar-refractivity contribution in [2.75, 3.05) is 18.0 Å². The summed E-state index contributed by atoms with van der Waals surface area (Å²) in [6, 6.07) is 12.6. The maximum atomic E-state index is 12.2. The second-order valence-electron chi connectivity index (χ2n) is 6.83. The van der Waals surface area contributed by atoms with Gasteiger partial charge in [-0.05, 0) is 61.1 Å². The number of hydrogen-bond acceptors (Lipinski definition) is 4. The molecule has 1 saturated heterocycles. The van der Waals surface area contributed by atoms with Crippen molar-refractivity contribution in [2.24, 2.45) is 5.92 Å². The van der Waals surface area contributed by atoms with Crippen molar-refractivity contribution in [3.8, 4) is 5.75 Å². The quantitative estimate of drug-likeness (QED) is 0.573. The molecule has 0 bridgehead atoms. The normalized spacial score (nSPS) is 16.0. The molecule has 4 rings (SSSR count). The van der Waals surface area contributed by atoms with E-state index in [1.165, 1.54) is 22.5 Å². The number of benzene rings is 2. The Labute approximate surface area is 159 Å². The lowest BCUT2D eigenvalue weighted by Gasteiger charge is -2.33. The predicted octanol–water partition coefficient (Wildman–Crippen LogP) is 5.65. The van der Waals surface area contributed by atoms with Gasteiger partial charge in [0.25, 0.3) is 0 Å². The molecule has 0 aliphatic carbocycles. The first kappa shape index (κ1) is 18.1. The average molecular weight is 392 g/mol. The second kappa shape index (κ2) is 7.38. The summed E-state index contributed by atoms with van der Waals surface area (Å²) >= 11 is 1.65. The summed E-state index contributed by atoms with van der Waals surface area (Å²) in [5, 5.41) is 0. The highest BCUT2D eigenvalue weighted by molar-refractivity contribution is 7.16. The zero-order valence-electron chi connectivity index (χ0n) is 14.6. The Morgan fingerprint density at radius 2 is 1.81 bits per heavy atom. The number of piperidine rings is 1. The molecule has 3 aromatic rings. The molecular weight excluding hydrogens is 373 g/mol. The molecule has 0 N–H and O–H groups in total. The molecule has 1 aliphatic heterocycles. The van der Waals surface area contributed by atoms with E-state index < -0.39 is 6.36 Å². The molecular formula is C20H19F3N2OS. The molecule has 1 aromatic heterocycles. The standard InChI is InChI=1S/C20H19F3N2OS/c21-20(22,23)26-17-4-1-14(2-5-17)11-15-7-9-25(10-8-15)16-3-6-18-19(12-16)27-13-24-18/h1-6,12-13,15H,7-11H2. The number of hydrogen-bond donors (Lipinski definition) is 0. The molecule has 2 heterocycles. The van der Waals surface area contributed by atoms with Crippen molar-refractivity contribution in [3.63, 3.8) is 0 Å². The van der Waals surface area contributed by atoms with Gasteiger partial charge in [0.1, 0.15) is 5.75 Å². The van der Waals surface area contributed by atoms with Crippen LogP contribution in [0.2, 0.25) is 0 Å². The number of thiazole rings is 1. The van der Waals surface area contributed by atoms with E-state index in [4.69, 9.17) is 0 Å². The van der Waals surface area contributed by atoms with Crippen LogP contribution in [0.5, 0.6) is 5.75 Å². The highest BCUT2D eigenvalue weighted by atomic mass is 32.1. The van der Waals surface area contributed by atoms with Crippen LogP contribution in [0.4, 0.5) is 18.9 Å². The third-order valence-electron chi connectivity index (χ3n) is 4.98. The van der Waals surface area contributed by atoms with Gasteiger partial charge in [-0.25, -0.2) is 4.98 Å². The van der Waals surface area contributed by atoms with Crippen molar-refractivity contribution in [1.29, 1.82) is 0 Å². The van der Waals surface area contributed by atoms with Crippen molar-refractivity contribution >= 4 is 27.2 Å². The number of aromatic nitrogens is 1.